The topological polar surface area (TPSA) is 74.3 Å². The van der Waals surface area contributed by atoms with Crippen LogP contribution in [-0.2, 0) is 4.74 Å². The summed E-state index contributed by atoms with van der Waals surface area (Å²) in [5.74, 6) is 0.795. The molecule has 2 fully saturated rings. The highest BCUT2D eigenvalue weighted by atomic mass is 16.5. The first-order chi connectivity index (χ1) is 14.2. The second-order valence-corrected chi connectivity index (χ2v) is 8.12. The van der Waals surface area contributed by atoms with E-state index in [2.05, 4.69) is 19.9 Å². The summed E-state index contributed by atoms with van der Waals surface area (Å²) in [5.41, 5.74) is 1.55. The third kappa shape index (κ3) is 3.58. The summed E-state index contributed by atoms with van der Waals surface area (Å²) < 4.78 is 5.98. The second kappa shape index (κ2) is 7.48. The molecular weight excluding hydrogens is 366 g/mol. The van der Waals surface area contributed by atoms with Gasteiger partial charge in [-0.2, -0.15) is 0 Å². The van der Waals surface area contributed by atoms with Gasteiger partial charge in [0.2, 0.25) is 5.95 Å². The number of piperidine rings is 1. The third-order valence-electron chi connectivity index (χ3n) is 5.98. The number of carbonyl (C=O) groups is 1. The van der Waals surface area contributed by atoms with E-state index >= 15 is 0 Å². The van der Waals surface area contributed by atoms with Gasteiger partial charge in [0.15, 0.2) is 0 Å². The van der Waals surface area contributed by atoms with Crippen LogP contribution in [0.25, 0.3) is 10.9 Å². The number of fused-ring (bicyclic) bond motifs is 1. The third-order valence-corrected chi connectivity index (χ3v) is 5.98. The number of anilines is 1. The minimum Gasteiger partial charge on any atom is -0.379 e. The SMILES string of the molecule is O=C(c1cc2ccccc2[nH]1)N1CCC[C@@]2(COCCN(c3ncccn3)C2)C1. The molecule has 0 radical (unpaired) electrons. The highest BCUT2D eigenvalue weighted by Crippen LogP contribution is 2.34. The van der Waals surface area contributed by atoms with Crippen LogP contribution in [0.2, 0.25) is 0 Å². The number of aromatic amines is 1. The Labute approximate surface area is 169 Å². The maximum atomic E-state index is 13.2. The van der Waals surface area contributed by atoms with Crippen molar-refractivity contribution in [3.8, 4) is 0 Å². The van der Waals surface area contributed by atoms with E-state index in [9.17, 15) is 4.79 Å². The van der Waals surface area contributed by atoms with Gasteiger partial charge in [0.25, 0.3) is 5.91 Å². The fourth-order valence-electron chi connectivity index (χ4n) is 4.61. The van der Waals surface area contributed by atoms with Gasteiger partial charge >= 0.3 is 0 Å². The summed E-state index contributed by atoms with van der Waals surface area (Å²) >= 11 is 0. The number of nitrogens with one attached hydrogen (secondary N) is 1. The lowest BCUT2D eigenvalue weighted by atomic mass is 9.80. The Bertz CT molecular complexity index is 972. The lowest BCUT2D eigenvalue weighted by molar-refractivity contribution is 0.0133. The largest absolute Gasteiger partial charge is 0.379 e. The predicted molar refractivity (Wildman–Crippen MR) is 111 cm³/mol. The number of likely N-dealkylation sites (tertiary alicyclic amines) is 1. The van der Waals surface area contributed by atoms with Crippen LogP contribution in [0.1, 0.15) is 23.3 Å². The number of H-pyrrole nitrogens is 1. The average molecular weight is 391 g/mol. The summed E-state index contributed by atoms with van der Waals surface area (Å²) in [4.78, 5) is 29.5. The lowest BCUT2D eigenvalue weighted by Crippen LogP contribution is -2.52. The predicted octanol–water partition coefficient (Wildman–Crippen LogP) is 2.72. The van der Waals surface area contributed by atoms with Crippen molar-refractivity contribution < 1.29 is 9.53 Å². The molecule has 1 atom stereocenters. The molecule has 1 amide bonds. The molecule has 2 aliphatic heterocycles. The summed E-state index contributed by atoms with van der Waals surface area (Å²) in [5, 5.41) is 1.06. The van der Waals surface area contributed by atoms with Crippen LogP contribution in [0.4, 0.5) is 5.95 Å². The average Bonchev–Trinajstić information content (AvgIpc) is 3.10. The molecule has 2 aliphatic rings. The molecular formula is C22H25N5O2. The van der Waals surface area contributed by atoms with Crippen molar-refractivity contribution in [3.05, 3.63) is 54.5 Å². The molecule has 5 rings (SSSR count). The molecule has 1 N–H and O–H groups in total. The molecule has 0 bridgehead atoms. The molecule has 2 aromatic heterocycles. The highest BCUT2D eigenvalue weighted by molar-refractivity contribution is 5.98. The zero-order valence-corrected chi connectivity index (χ0v) is 16.4. The van der Waals surface area contributed by atoms with E-state index in [1.54, 1.807) is 12.4 Å². The normalized spacial score (nSPS) is 22.8. The van der Waals surface area contributed by atoms with Crippen LogP contribution in [0.3, 0.4) is 0 Å². The number of carbonyl (C=O) groups excluding carboxylic acids is 1. The van der Waals surface area contributed by atoms with Crippen LogP contribution in [0, 0.1) is 5.41 Å². The molecule has 0 saturated carbocycles. The quantitative estimate of drug-likeness (QED) is 0.727. The minimum absolute atomic E-state index is 0.0621. The van der Waals surface area contributed by atoms with Gasteiger partial charge in [-0.1, -0.05) is 18.2 Å². The fraction of sp³-hybridized carbons (Fsp3) is 0.409. The number of para-hydroxylation sites is 1. The first-order valence-corrected chi connectivity index (χ1v) is 10.2. The van der Waals surface area contributed by atoms with Crippen molar-refractivity contribution in [1.29, 1.82) is 0 Å². The Morgan fingerprint density at radius 1 is 1.10 bits per heavy atom. The zero-order chi connectivity index (χ0) is 19.7. The van der Waals surface area contributed by atoms with Crippen LogP contribution in [0.15, 0.2) is 48.8 Å². The monoisotopic (exact) mass is 391 g/mol. The zero-order valence-electron chi connectivity index (χ0n) is 16.4. The van der Waals surface area contributed by atoms with Crippen LogP contribution < -0.4 is 4.90 Å². The summed E-state index contributed by atoms with van der Waals surface area (Å²) in [7, 11) is 0. The highest BCUT2D eigenvalue weighted by Gasteiger charge is 2.41. The summed E-state index contributed by atoms with van der Waals surface area (Å²) in [6, 6.07) is 11.8. The lowest BCUT2D eigenvalue weighted by Gasteiger charge is -2.43. The Balaban J connectivity index is 1.37. The number of amides is 1. The van der Waals surface area contributed by atoms with Gasteiger partial charge in [-0.05, 0) is 31.0 Å². The van der Waals surface area contributed by atoms with Gasteiger partial charge in [-0.15, -0.1) is 0 Å². The van der Waals surface area contributed by atoms with Crippen molar-refractivity contribution in [1.82, 2.24) is 19.9 Å². The number of nitrogens with zero attached hydrogens (tertiary/aromatic N) is 4. The Morgan fingerprint density at radius 2 is 1.97 bits per heavy atom. The number of hydrogen-bond donors (Lipinski definition) is 1. The molecule has 1 aromatic carbocycles. The van der Waals surface area contributed by atoms with Crippen LogP contribution >= 0.6 is 0 Å². The maximum Gasteiger partial charge on any atom is 0.270 e. The van der Waals surface area contributed by atoms with E-state index in [-0.39, 0.29) is 11.3 Å². The van der Waals surface area contributed by atoms with Crippen molar-refractivity contribution in [2.45, 2.75) is 12.8 Å². The second-order valence-electron chi connectivity index (χ2n) is 8.12. The van der Waals surface area contributed by atoms with E-state index in [4.69, 9.17) is 4.74 Å². The molecule has 29 heavy (non-hydrogen) atoms. The first kappa shape index (κ1) is 18.1. The minimum atomic E-state index is -0.102. The van der Waals surface area contributed by atoms with Crippen molar-refractivity contribution in [2.24, 2.45) is 5.41 Å². The number of benzene rings is 1. The number of rotatable bonds is 2. The number of ether oxygens (including phenoxy) is 1. The fourth-order valence-corrected chi connectivity index (χ4v) is 4.61. The number of aromatic nitrogens is 3. The van der Waals surface area contributed by atoms with Gasteiger partial charge < -0.3 is 19.5 Å². The smallest absolute Gasteiger partial charge is 0.270 e. The summed E-state index contributed by atoms with van der Waals surface area (Å²) in [6.45, 7) is 4.33. The molecule has 2 saturated heterocycles. The van der Waals surface area contributed by atoms with Gasteiger partial charge in [-0.25, -0.2) is 9.97 Å². The van der Waals surface area contributed by atoms with Crippen LogP contribution in [0.5, 0.6) is 0 Å². The van der Waals surface area contributed by atoms with Gasteiger partial charge in [0.1, 0.15) is 5.69 Å². The van der Waals surface area contributed by atoms with Crippen LogP contribution in [-0.4, -0.2) is 65.2 Å². The molecule has 1 spiro atoms. The van der Waals surface area contributed by atoms with Gasteiger partial charge in [-0.3, -0.25) is 4.79 Å². The molecule has 7 nitrogen and oxygen atoms in total. The van der Waals surface area contributed by atoms with Crippen molar-refractivity contribution in [3.63, 3.8) is 0 Å². The molecule has 3 aromatic rings. The maximum absolute atomic E-state index is 13.2. The Kier molecular flexibility index (Phi) is 4.67. The molecule has 4 heterocycles. The standard InChI is InChI=1S/C22H25N5O2/c28-20(19-13-17-5-1-2-6-18(17)25-19)26-10-3-7-22(14-26)15-27(11-12-29-16-22)21-23-8-4-9-24-21/h1-2,4-6,8-9,13,25H,3,7,10-12,14-16H2/t22-/m1/s1. The van der Waals surface area contributed by atoms with E-state index in [1.165, 1.54) is 0 Å². The van der Waals surface area contributed by atoms with E-state index in [0.717, 1.165) is 49.3 Å². The van der Waals surface area contributed by atoms with E-state index < -0.39 is 0 Å². The Hall–Kier alpha value is -2.93. The molecule has 7 heteroatoms. The molecule has 150 valence electrons. The van der Waals surface area contributed by atoms with Gasteiger partial charge in [0, 0.05) is 54.9 Å². The number of hydrogen-bond acceptors (Lipinski definition) is 5. The Morgan fingerprint density at radius 3 is 2.83 bits per heavy atom. The molecule has 0 unspecified atom stereocenters. The molecule has 0 aliphatic carbocycles. The van der Waals surface area contributed by atoms with Gasteiger partial charge in [0.05, 0.1) is 13.2 Å². The van der Waals surface area contributed by atoms with Crippen molar-refractivity contribution in [2.75, 3.05) is 44.3 Å². The summed E-state index contributed by atoms with van der Waals surface area (Å²) in [6.07, 6.45) is 5.55. The first-order valence-electron chi connectivity index (χ1n) is 10.2. The van der Waals surface area contributed by atoms with Crippen molar-refractivity contribution >= 4 is 22.8 Å². The van der Waals surface area contributed by atoms with E-state index in [0.29, 0.717) is 25.5 Å². The van der Waals surface area contributed by atoms with E-state index in [1.807, 2.05) is 41.3 Å².